The zero-order valence-electron chi connectivity index (χ0n) is 14.6. The van der Waals surface area contributed by atoms with Crippen LogP contribution < -0.4 is 10.6 Å². The lowest BCUT2D eigenvalue weighted by Crippen LogP contribution is -2.39. The van der Waals surface area contributed by atoms with Crippen LogP contribution >= 0.6 is 11.6 Å². The quantitative estimate of drug-likeness (QED) is 0.672. The largest absolute Gasteiger partial charge is 0.451 e. The summed E-state index contributed by atoms with van der Waals surface area (Å²) in [5.74, 6) is -3.17. The average Bonchev–Trinajstić information content (AvgIpc) is 3.18. The molecule has 144 valence electrons. The Kier molecular flexibility index (Phi) is 5.75. The summed E-state index contributed by atoms with van der Waals surface area (Å²) >= 11 is 6.12. The van der Waals surface area contributed by atoms with Crippen LogP contribution in [0.15, 0.2) is 59.0 Å². The normalized spacial score (nSPS) is 11.7. The molecule has 0 aliphatic carbocycles. The van der Waals surface area contributed by atoms with E-state index in [2.05, 4.69) is 10.6 Å². The van der Waals surface area contributed by atoms with E-state index in [0.717, 1.165) is 12.1 Å². The number of hydrogen-bond acceptors (Lipinski definition) is 3. The predicted molar refractivity (Wildman–Crippen MR) is 99.8 cm³/mol. The maximum Gasteiger partial charge on any atom is 0.287 e. The second-order valence-electron chi connectivity index (χ2n) is 5.84. The number of rotatable bonds is 5. The van der Waals surface area contributed by atoms with Crippen LogP contribution in [-0.4, -0.2) is 18.9 Å². The van der Waals surface area contributed by atoms with Gasteiger partial charge in [-0.05, 0) is 42.0 Å². The maximum atomic E-state index is 13.5. The highest BCUT2D eigenvalue weighted by atomic mass is 35.5. The lowest BCUT2D eigenvalue weighted by molar-refractivity contribution is -0.122. The van der Waals surface area contributed by atoms with Gasteiger partial charge < -0.3 is 15.1 Å². The molecule has 0 saturated carbocycles. The molecule has 3 rings (SSSR count). The van der Waals surface area contributed by atoms with Crippen molar-refractivity contribution in [2.45, 2.75) is 6.04 Å². The van der Waals surface area contributed by atoms with Gasteiger partial charge in [-0.1, -0.05) is 29.8 Å². The van der Waals surface area contributed by atoms with Gasteiger partial charge >= 0.3 is 0 Å². The topological polar surface area (TPSA) is 71.3 Å². The summed E-state index contributed by atoms with van der Waals surface area (Å²) in [4.78, 5) is 24.7. The minimum Gasteiger partial charge on any atom is -0.451 e. The Labute approximate surface area is 164 Å². The van der Waals surface area contributed by atoms with Crippen LogP contribution in [-0.2, 0) is 4.79 Å². The lowest BCUT2D eigenvalue weighted by atomic mass is 10.1. The first-order valence-corrected chi connectivity index (χ1v) is 8.60. The van der Waals surface area contributed by atoms with E-state index < -0.39 is 29.5 Å². The fraction of sp³-hybridized carbons (Fsp3) is 0.100. The first kappa shape index (κ1) is 19.6. The summed E-state index contributed by atoms with van der Waals surface area (Å²) in [6.45, 7) is 0. The Hall–Kier alpha value is -3.19. The molecule has 0 aliphatic heterocycles. The number of carbonyl (C=O) groups excluding carboxylic acids is 2. The van der Waals surface area contributed by atoms with Crippen molar-refractivity contribution in [1.29, 1.82) is 0 Å². The van der Waals surface area contributed by atoms with E-state index in [9.17, 15) is 18.4 Å². The predicted octanol–water partition coefficient (Wildman–Crippen LogP) is 4.10. The van der Waals surface area contributed by atoms with Crippen molar-refractivity contribution in [3.05, 3.63) is 82.6 Å². The lowest BCUT2D eigenvalue weighted by Gasteiger charge is -2.17. The number of carbonyl (C=O) groups is 2. The van der Waals surface area contributed by atoms with Crippen molar-refractivity contribution in [1.82, 2.24) is 10.6 Å². The van der Waals surface area contributed by atoms with Crippen molar-refractivity contribution >= 4 is 23.4 Å². The van der Waals surface area contributed by atoms with Crippen LogP contribution in [0.1, 0.15) is 22.2 Å². The third-order valence-electron chi connectivity index (χ3n) is 4.03. The molecule has 28 heavy (non-hydrogen) atoms. The van der Waals surface area contributed by atoms with Crippen molar-refractivity contribution in [3.63, 3.8) is 0 Å². The highest BCUT2D eigenvalue weighted by Gasteiger charge is 2.25. The van der Waals surface area contributed by atoms with Gasteiger partial charge in [-0.2, -0.15) is 0 Å². The number of amides is 2. The molecule has 1 unspecified atom stereocenters. The van der Waals surface area contributed by atoms with Gasteiger partial charge in [0.15, 0.2) is 17.4 Å². The van der Waals surface area contributed by atoms with Crippen LogP contribution in [0.2, 0.25) is 5.02 Å². The molecular weight excluding hydrogens is 390 g/mol. The van der Waals surface area contributed by atoms with Gasteiger partial charge in [-0.15, -0.1) is 0 Å². The summed E-state index contributed by atoms with van der Waals surface area (Å²) in [5.41, 5.74) is 0.691. The molecule has 1 heterocycles. The van der Waals surface area contributed by atoms with Crippen LogP contribution in [0.25, 0.3) is 11.3 Å². The SMILES string of the molecule is CNC(=O)C(NC(=O)c1ccc(-c2ccccc2Cl)o1)c1ccc(F)c(F)c1. The van der Waals surface area contributed by atoms with E-state index >= 15 is 0 Å². The summed E-state index contributed by atoms with van der Waals surface area (Å²) < 4.78 is 32.3. The van der Waals surface area contributed by atoms with Gasteiger partial charge in [-0.25, -0.2) is 8.78 Å². The summed E-state index contributed by atoms with van der Waals surface area (Å²) in [7, 11) is 1.36. The van der Waals surface area contributed by atoms with Crippen LogP contribution in [0.4, 0.5) is 8.78 Å². The van der Waals surface area contributed by atoms with Gasteiger partial charge in [0, 0.05) is 12.6 Å². The van der Waals surface area contributed by atoms with Gasteiger partial charge in [0.25, 0.3) is 5.91 Å². The smallest absolute Gasteiger partial charge is 0.287 e. The molecule has 0 bridgehead atoms. The van der Waals surface area contributed by atoms with Crippen LogP contribution in [0, 0.1) is 11.6 Å². The number of furan rings is 1. The molecule has 0 spiro atoms. The van der Waals surface area contributed by atoms with E-state index in [-0.39, 0.29) is 11.3 Å². The highest BCUT2D eigenvalue weighted by Crippen LogP contribution is 2.29. The monoisotopic (exact) mass is 404 g/mol. The molecule has 5 nitrogen and oxygen atoms in total. The van der Waals surface area contributed by atoms with Gasteiger partial charge in [0.1, 0.15) is 11.8 Å². The Morgan fingerprint density at radius 3 is 2.46 bits per heavy atom. The number of benzene rings is 2. The number of halogens is 3. The number of hydrogen-bond donors (Lipinski definition) is 2. The first-order chi connectivity index (χ1) is 13.4. The summed E-state index contributed by atoms with van der Waals surface area (Å²) in [6.07, 6.45) is 0. The standard InChI is InChI=1S/C20H15ClF2N2O3/c1-24-20(27)18(11-6-7-14(22)15(23)10-11)25-19(26)17-9-8-16(28-17)12-4-2-3-5-13(12)21/h2-10,18H,1H3,(H,24,27)(H,25,26). The molecule has 0 radical (unpaired) electrons. The molecule has 2 N–H and O–H groups in total. The average molecular weight is 405 g/mol. The minimum absolute atomic E-state index is 0.0635. The van der Waals surface area contributed by atoms with Crippen molar-refractivity contribution in [2.24, 2.45) is 0 Å². The summed E-state index contributed by atoms with van der Waals surface area (Å²) in [5, 5.41) is 5.29. The zero-order valence-corrected chi connectivity index (χ0v) is 15.4. The first-order valence-electron chi connectivity index (χ1n) is 8.23. The zero-order chi connectivity index (χ0) is 20.3. The third kappa shape index (κ3) is 4.04. The van der Waals surface area contributed by atoms with Gasteiger partial charge in [-0.3, -0.25) is 9.59 Å². The Bertz CT molecular complexity index is 1040. The highest BCUT2D eigenvalue weighted by molar-refractivity contribution is 6.33. The second-order valence-corrected chi connectivity index (χ2v) is 6.25. The third-order valence-corrected chi connectivity index (χ3v) is 4.36. The van der Waals surface area contributed by atoms with Crippen LogP contribution in [0.5, 0.6) is 0 Å². The van der Waals surface area contributed by atoms with Crippen molar-refractivity contribution in [3.8, 4) is 11.3 Å². The van der Waals surface area contributed by atoms with E-state index in [4.69, 9.17) is 16.0 Å². The second kappa shape index (κ2) is 8.22. The molecule has 0 fully saturated rings. The molecule has 0 saturated heterocycles. The molecular formula is C20H15ClF2N2O3. The molecule has 1 atom stereocenters. The van der Waals surface area contributed by atoms with Crippen LogP contribution in [0.3, 0.4) is 0 Å². The maximum absolute atomic E-state index is 13.5. The van der Waals surface area contributed by atoms with E-state index in [1.165, 1.54) is 19.2 Å². The Morgan fingerprint density at radius 2 is 1.79 bits per heavy atom. The fourth-order valence-electron chi connectivity index (χ4n) is 2.60. The molecule has 2 amide bonds. The number of likely N-dealkylation sites (N-methyl/N-ethyl adjacent to an activating group) is 1. The summed E-state index contributed by atoms with van der Waals surface area (Å²) in [6, 6.07) is 11.7. The fourth-order valence-corrected chi connectivity index (χ4v) is 2.83. The van der Waals surface area contributed by atoms with Crippen molar-refractivity contribution in [2.75, 3.05) is 7.05 Å². The molecule has 2 aromatic carbocycles. The molecule has 3 aromatic rings. The molecule has 1 aromatic heterocycles. The Balaban J connectivity index is 1.86. The molecule has 8 heteroatoms. The minimum atomic E-state index is -1.23. The van der Waals surface area contributed by atoms with E-state index in [1.54, 1.807) is 30.3 Å². The number of nitrogens with one attached hydrogen (secondary N) is 2. The van der Waals surface area contributed by atoms with Gasteiger partial charge in [0.2, 0.25) is 5.91 Å². The van der Waals surface area contributed by atoms with Crippen molar-refractivity contribution < 1.29 is 22.8 Å². The van der Waals surface area contributed by atoms with Gasteiger partial charge in [0.05, 0.1) is 5.02 Å². The Morgan fingerprint density at radius 1 is 1.04 bits per heavy atom. The van der Waals surface area contributed by atoms with E-state index in [1.807, 2.05) is 0 Å². The molecule has 0 aliphatic rings. The van der Waals surface area contributed by atoms with E-state index in [0.29, 0.717) is 16.3 Å².